The number of likely N-dealkylation sites (N-methyl/N-ethyl adjacent to an activating group) is 1. The molecule has 0 aliphatic rings. The predicted octanol–water partition coefficient (Wildman–Crippen LogP) is 2.48. The second-order valence-corrected chi connectivity index (χ2v) is 4.47. The monoisotopic (exact) mass is 273 g/mol. The molecule has 0 aliphatic heterocycles. The highest BCUT2D eigenvalue weighted by Gasteiger charge is 2.09. The van der Waals surface area contributed by atoms with Crippen LogP contribution in [0.3, 0.4) is 0 Å². The van der Waals surface area contributed by atoms with Gasteiger partial charge in [0.1, 0.15) is 5.82 Å². The lowest BCUT2D eigenvalue weighted by Crippen LogP contribution is -2.30. The SMILES string of the molecule is CN(CC(=O)Nc1ccc(F)cc1)c1ccccc1N. The molecule has 4 nitrogen and oxygen atoms in total. The lowest BCUT2D eigenvalue weighted by atomic mass is 10.2. The summed E-state index contributed by atoms with van der Waals surface area (Å²) < 4.78 is 12.8. The molecule has 0 unspecified atom stereocenters. The number of nitrogens with one attached hydrogen (secondary N) is 1. The van der Waals surface area contributed by atoms with Crippen LogP contribution in [0, 0.1) is 5.82 Å². The average Bonchev–Trinajstić information content (AvgIpc) is 2.41. The largest absolute Gasteiger partial charge is 0.397 e. The van der Waals surface area contributed by atoms with E-state index >= 15 is 0 Å². The first-order chi connectivity index (χ1) is 9.56. The van der Waals surface area contributed by atoms with Crippen LogP contribution in [0.5, 0.6) is 0 Å². The molecule has 104 valence electrons. The molecule has 2 aromatic rings. The van der Waals surface area contributed by atoms with E-state index in [1.807, 2.05) is 18.2 Å². The summed E-state index contributed by atoms with van der Waals surface area (Å²) in [6, 6.07) is 13.0. The topological polar surface area (TPSA) is 58.4 Å². The zero-order valence-electron chi connectivity index (χ0n) is 11.1. The number of anilines is 3. The zero-order chi connectivity index (χ0) is 14.5. The number of amides is 1. The zero-order valence-corrected chi connectivity index (χ0v) is 11.1. The van der Waals surface area contributed by atoms with Gasteiger partial charge in [0.15, 0.2) is 0 Å². The minimum Gasteiger partial charge on any atom is -0.397 e. The van der Waals surface area contributed by atoms with E-state index < -0.39 is 0 Å². The molecular weight excluding hydrogens is 257 g/mol. The van der Waals surface area contributed by atoms with Crippen molar-refractivity contribution < 1.29 is 9.18 Å². The summed E-state index contributed by atoms with van der Waals surface area (Å²) in [5, 5.41) is 2.70. The van der Waals surface area contributed by atoms with Gasteiger partial charge < -0.3 is 16.0 Å². The van der Waals surface area contributed by atoms with Crippen LogP contribution in [0.2, 0.25) is 0 Å². The summed E-state index contributed by atoms with van der Waals surface area (Å²) in [5.41, 5.74) is 7.82. The molecule has 0 heterocycles. The van der Waals surface area contributed by atoms with E-state index in [0.717, 1.165) is 5.69 Å². The molecule has 0 saturated carbocycles. The molecule has 0 spiro atoms. The van der Waals surface area contributed by atoms with Gasteiger partial charge in [-0.25, -0.2) is 4.39 Å². The van der Waals surface area contributed by atoms with E-state index in [1.165, 1.54) is 24.3 Å². The van der Waals surface area contributed by atoms with Crippen LogP contribution in [-0.2, 0) is 4.79 Å². The third-order valence-electron chi connectivity index (χ3n) is 2.86. The standard InChI is InChI=1S/C15H16FN3O/c1-19(14-5-3-2-4-13(14)17)10-15(20)18-12-8-6-11(16)7-9-12/h2-9H,10,17H2,1H3,(H,18,20). The van der Waals surface area contributed by atoms with Crippen LogP contribution in [0.15, 0.2) is 48.5 Å². The summed E-state index contributed by atoms with van der Waals surface area (Å²) in [6.45, 7) is 0.158. The fourth-order valence-electron chi connectivity index (χ4n) is 1.87. The van der Waals surface area contributed by atoms with Gasteiger partial charge in [-0.1, -0.05) is 12.1 Å². The van der Waals surface area contributed by atoms with Gasteiger partial charge in [-0.3, -0.25) is 4.79 Å². The van der Waals surface area contributed by atoms with Gasteiger partial charge in [-0.2, -0.15) is 0 Å². The Balaban J connectivity index is 1.98. The molecule has 0 fully saturated rings. The normalized spacial score (nSPS) is 10.1. The Bertz CT molecular complexity index is 598. The molecule has 2 rings (SSSR count). The molecule has 0 saturated heterocycles. The number of rotatable bonds is 4. The summed E-state index contributed by atoms with van der Waals surface area (Å²) in [6.07, 6.45) is 0. The fourth-order valence-corrected chi connectivity index (χ4v) is 1.87. The van der Waals surface area contributed by atoms with Crippen molar-refractivity contribution in [2.24, 2.45) is 0 Å². The highest BCUT2D eigenvalue weighted by molar-refractivity contribution is 5.94. The summed E-state index contributed by atoms with van der Waals surface area (Å²) >= 11 is 0. The Morgan fingerprint density at radius 3 is 2.50 bits per heavy atom. The van der Waals surface area contributed by atoms with Crippen LogP contribution >= 0.6 is 0 Å². The van der Waals surface area contributed by atoms with Crippen LogP contribution in [0.25, 0.3) is 0 Å². The van der Waals surface area contributed by atoms with Crippen molar-refractivity contribution in [3.05, 3.63) is 54.3 Å². The van der Waals surface area contributed by atoms with E-state index in [9.17, 15) is 9.18 Å². The Morgan fingerprint density at radius 1 is 1.20 bits per heavy atom. The average molecular weight is 273 g/mol. The number of benzene rings is 2. The van der Waals surface area contributed by atoms with Gasteiger partial charge in [0.05, 0.1) is 17.9 Å². The van der Waals surface area contributed by atoms with E-state index in [4.69, 9.17) is 5.73 Å². The molecule has 2 aromatic carbocycles. The molecule has 0 atom stereocenters. The quantitative estimate of drug-likeness (QED) is 0.841. The van der Waals surface area contributed by atoms with Gasteiger partial charge in [-0.15, -0.1) is 0 Å². The number of hydrogen-bond donors (Lipinski definition) is 2. The van der Waals surface area contributed by atoms with Crippen LogP contribution in [-0.4, -0.2) is 19.5 Å². The third-order valence-corrected chi connectivity index (χ3v) is 2.86. The van der Waals surface area contributed by atoms with Crippen molar-refractivity contribution in [2.75, 3.05) is 29.5 Å². The number of carbonyl (C=O) groups is 1. The van der Waals surface area contributed by atoms with Gasteiger partial charge in [0.2, 0.25) is 5.91 Å². The molecule has 0 aliphatic carbocycles. The van der Waals surface area contributed by atoms with Gasteiger partial charge in [-0.05, 0) is 36.4 Å². The van der Waals surface area contributed by atoms with Crippen LogP contribution in [0.1, 0.15) is 0 Å². The fraction of sp³-hybridized carbons (Fsp3) is 0.133. The van der Waals surface area contributed by atoms with Gasteiger partial charge in [0.25, 0.3) is 0 Å². The lowest BCUT2D eigenvalue weighted by molar-refractivity contribution is -0.114. The Hall–Kier alpha value is -2.56. The summed E-state index contributed by atoms with van der Waals surface area (Å²) in [4.78, 5) is 13.7. The maximum Gasteiger partial charge on any atom is 0.243 e. The second-order valence-electron chi connectivity index (χ2n) is 4.47. The predicted molar refractivity (Wildman–Crippen MR) is 79.2 cm³/mol. The van der Waals surface area contributed by atoms with Crippen molar-refractivity contribution >= 4 is 23.0 Å². The minimum absolute atomic E-state index is 0.158. The summed E-state index contributed by atoms with van der Waals surface area (Å²) in [7, 11) is 1.79. The maximum atomic E-state index is 12.8. The number of nitrogen functional groups attached to an aromatic ring is 1. The van der Waals surface area contributed by atoms with Crippen molar-refractivity contribution in [1.29, 1.82) is 0 Å². The number of halogens is 1. The molecular formula is C15H16FN3O. The molecule has 0 aromatic heterocycles. The van der Waals surface area contributed by atoms with E-state index in [-0.39, 0.29) is 18.3 Å². The highest BCUT2D eigenvalue weighted by atomic mass is 19.1. The van der Waals surface area contributed by atoms with Crippen molar-refractivity contribution in [1.82, 2.24) is 0 Å². The minimum atomic E-state index is -0.336. The molecule has 1 amide bonds. The highest BCUT2D eigenvalue weighted by Crippen LogP contribution is 2.20. The molecule has 3 N–H and O–H groups in total. The van der Waals surface area contributed by atoms with E-state index in [1.54, 1.807) is 18.0 Å². The molecule has 5 heteroatoms. The Labute approximate surface area is 117 Å². The van der Waals surface area contributed by atoms with Crippen LogP contribution in [0.4, 0.5) is 21.5 Å². The number of hydrogen-bond acceptors (Lipinski definition) is 3. The number of nitrogens with two attached hydrogens (primary N) is 1. The first kappa shape index (κ1) is 13.9. The summed E-state index contributed by atoms with van der Waals surface area (Å²) in [5.74, 6) is -0.528. The third kappa shape index (κ3) is 3.47. The second kappa shape index (κ2) is 6.06. The Morgan fingerprint density at radius 2 is 1.85 bits per heavy atom. The van der Waals surface area contributed by atoms with E-state index in [0.29, 0.717) is 11.4 Å². The lowest BCUT2D eigenvalue weighted by Gasteiger charge is -2.20. The van der Waals surface area contributed by atoms with Crippen molar-refractivity contribution in [3.8, 4) is 0 Å². The molecule has 0 bridgehead atoms. The molecule has 20 heavy (non-hydrogen) atoms. The molecule has 0 radical (unpaired) electrons. The van der Waals surface area contributed by atoms with Crippen molar-refractivity contribution in [3.63, 3.8) is 0 Å². The number of nitrogens with zero attached hydrogens (tertiary/aromatic N) is 1. The van der Waals surface area contributed by atoms with Crippen molar-refractivity contribution in [2.45, 2.75) is 0 Å². The number of carbonyl (C=O) groups excluding carboxylic acids is 1. The smallest absolute Gasteiger partial charge is 0.243 e. The first-order valence-electron chi connectivity index (χ1n) is 6.17. The Kier molecular flexibility index (Phi) is 4.20. The van der Waals surface area contributed by atoms with Gasteiger partial charge >= 0.3 is 0 Å². The maximum absolute atomic E-state index is 12.8. The van der Waals surface area contributed by atoms with Crippen LogP contribution < -0.4 is 16.0 Å². The number of para-hydroxylation sites is 2. The first-order valence-corrected chi connectivity index (χ1v) is 6.17. The van der Waals surface area contributed by atoms with E-state index in [2.05, 4.69) is 5.32 Å². The van der Waals surface area contributed by atoms with Gasteiger partial charge in [0, 0.05) is 12.7 Å².